The summed E-state index contributed by atoms with van der Waals surface area (Å²) in [5.74, 6) is -0.715. The Morgan fingerprint density at radius 3 is 2.63 bits per heavy atom. The van der Waals surface area contributed by atoms with Crippen molar-refractivity contribution >= 4 is 17.6 Å². The standard InChI is InChI=1S/C13H18N2O4/c1-2-3-6-18-13(17)9-4-5-11(10(14)7-9)19-8-12(15)16/h4-5,7H,2-3,6,8,14H2,1H3,(H2,15,16). The molecule has 0 aliphatic rings. The van der Waals surface area contributed by atoms with Crippen molar-refractivity contribution in [2.45, 2.75) is 19.8 Å². The van der Waals surface area contributed by atoms with E-state index in [1.165, 1.54) is 18.2 Å². The van der Waals surface area contributed by atoms with Crippen molar-refractivity contribution in [2.24, 2.45) is 5.73 Å². The van der Waals surface area contributed by atoms with Crippen molar-refractivity contribution in [2.75, 3.05) is 18.9 Å². The zero-order chi connectivity index (χ0) is 14.3. The second-order valence-corrected chi connectivity index (χ2v) is 4.00. The number of hydrogen-bond acceptors (Lipinski definition) is 5. The quantitative estimate of drug-likeness (QED) is 0.436. The topological polar surface area (TPSA) is 105 Å². The lowest BCUT2D eigenvalue weighted by molar-refractivity contribution is -0.119. The fourth-order valence-electron chi connectivity index (χ4n) is 1.35. The first-order valence-electron chi connectivity index (χ1n) is 6.02. The molecule has 1 amide bonds. The monoisotopic (exact) mass is 266 g/mol. The first-order chi connectivity index (χ1) is 9.04. The zero-order valence-corrected chi connectivity index (χ0v) is 10.8. The molecule has 4 N–H and O–H groups in total. The summed E-state index contributed by atoms with van der Waals surface area (Å²) in [6.07, 6.45) is 1.77. The van der Waals surface area contributed by atoms with Crippen LogP contribution in [0, 0.1) is 0 Å². The lowest BCUT2D eigenvalue weighted by Gasteiger charge is -2.09. The van der Waals surface area contributed by atoms with Gasteiger partial charge in [-0.15, -0.1) is 0 Å². The Hall–Kier alpha value is -2.24. The zero-order valence-electron chi connectivity index (χ0n) is 10.8. The Morgan fingerprint density at radius 2 is 2.05 bits per heavy atom. The van der Waals surface area contributed by atoms with Gasteiger partial charge in [-0.25, -0.2) is 4.79 Å². The Kier molecular flexibility index (Phi) is 5.66. The molecule has 104 valence electrons. The third-order valence-electron chi connectivity index (χ3n) is 2.35. The predicted octanol–water partition coefficient (Wildman–Crippen LogP) is 1.09. The van der Waals surface area contributed by atoms with Gasteiger partial charge in [-0.1, -0.05) is 13.3 Å². The lowest BCUT2D eigenvalue weighted by Crippen LogP contribution is -2.20. The normalized spacial score (nSPS) is 9.95. The second-order valence-electron chi connectivity index (χ2n) is 4.00. The first kappa shape index (κ1) is 14.8. The summed E-state index contributed by atoms with van der Waals surface area (Å²) in [5, 5.41) is 0. The van der Waals surface area contributed by atoms with E-state index in [1.807, 2.05) is 6.92 Å². The minimum absolute atomic E-state index is 0.256. The molecule has 0 spiro atoms. The molecule has 0 bridgehead atoms. The number of rotatable bonds is 7. The van der Waals surface area contributed by atoms with Crippen LogP contribution in [-0.4, -0.2) is 25.1 Å². The molecule has 0 radical (unpaired) electrons. The molecule has 6 nitrogen and oxygen atoms in total. The van der Waals surface area contributed by atoms with Gasteiger partial charge in [0.2, 0.25) is 0 Å². The van der Waals surface area contributed by atoms with Crippen LogP contribution < -0.4 is 16.2 Å². The number of benzene rings is 1. The fourth-order valence-corrected chi connectivity index (χ4v) is 1.35. The molecular formula is C13H18N2O4. The average molecular weight is 266 g/mol. The molecule has 1 aromatic carbocycles. The molecule has 0 aliphatic carbocycles. The number of esters is 1. The predicted molar refractivity (Wildman–Crippen MR) is 70.7 cm³/mol. The number of anilines is 1. The van der Waals surface area contributed by atoms with Crippen molar-refractivity contribution in [3.63, 3.8) is 0 Å². The maximum absolute atomic E-state index is 11.7. The van der Waals surface area contributed by atoms with Gasteiger partial charge in [-0.05, 0) is 24.6 Å². The molecule has 0 atom stereocenters. The summed E-state index contributed by atoms with van der Waals surface area (Å²) < 4.78 is 10.1. The number of carbonyl (C=O) groups is 2. The molecule has 0 aromatic heterocycles. The molecule has 6 heteroatoms. The molecule has 0 saturated carbocycles. The highest BCUT2D eigenvalue weighted by Gasteiger charge is 2.10. The summed E-state index contributed by atoms with van der Waals surface area (Å²) in [4.78, 5) is 22.2. The highest BCUT2D eigenvalue weighted by molar-refractivity contribution is 5.91. The van der Waals surface area contributed by atoms with Gasteiger partial charge in [0.25, 0.3) is 5.91 Å². The first-order valence-corrected chi connectivity index (χ1v) is 6.02. The number of nitrogens with two attached hydrogens (primary N) is 2. The summed E-state index contributed by atoms with van der Waals surface area (Å²) in [6.45, 7) is 2.14. The van der Waals surface area contributed by atoms with Crippen LogP contribution in [0.1, 0.15) is 30.1 Å². The smallest absolute Gasteiger partial charge is 0.338 e. The van der Waals surface area contributed by atoms with Crippen molar-refractivity contribution in [1.29, 1.82) is 0 Å². The summed E-state index contributed by atoms with van der Waals surface area (Å²) in [6, 6.07) is 4.49. The molecule has 0 aliphatic heterocycles. The molecule has 0 fully saturated rings. The molecule has 0 heterocycles. The van der Waals surface area contributed by atoms with E-state index in [0.29, 0.717) is 17.9 Å². The van der Waals surface area contributed by atoms with Gasteiger partial charge < -0.3 is 20.9 Å². The lowest BCUT2D eigenvalue weighted by atomic mass is 10.2. The number of unbranched alkanes of at least 4 members (excludes halogenated alkanes) is 1. The van der Waals surface area contributed by atoms with Crippen LogP contribution in [0.15, 0.2) is 18.2 Å². The average Bonchev–Trinajstić information content (AvgIpc) is 2.37. The minimum Gasteiger partial charge on any atom is -0.482 e. The third-order valence-corrected chi connectivity index (χ3v) is 2.35. The van der Waals surface area contributed by atoms with Crippen molar-refractivity contribution in [3.8, 4) is 5.75 Å². The van der Waals surface area contributed by atoms with E-state index in [9.17, 15) is 9.59 Å². The summed E-state index contributed by atoms with van der Waals surface area (Å²) >= 11 is 0. The maximum atomic E-state index is 11.7. The van der Waals surface area contributed by atoms with Crippen LogP contribution in [0.25, 0.3) is 0 Å². The van der Waals surface area contributed by atoms with Crippen LogP contribution in [0.5, 0.6) is 5.75 Å². The van der Waals surface area contributed by atoms with Crippen LogP contribution in [-0.2, 0) is 9.53 Å². The number of primary amides is 1. The second kappa shape index (κ2) is 7.25. The molecule has 1 aromatic rings. The summed E-state index contributed by atoms with van der Waals surface area (Å²) in [5.41, 5.74) is 11.3. The molecule has 19 heavy (non-hydrogen) atoms. The van der Waals surface area contributed by atoms with Crippen LogP contribution >= 0.6 is 0 Å². The van der Waals surface area contributed by atoms with E-state index in [2.05, 4.69) is 0 Å². The SMILES string of the molecule is CCCCOC(=O)c1ccc(OCC(N)=O)c(N)c1. The number of ether oxygens (including phenoxy) is 2. The molecule has 1 rings (SSSR count). The van der Waals surface area contributed by atoms with Gasteiger partial charge in [-0.3, -0.25) is 4.79 Å². The van der Waals surface area contributed by atoms with Gasteiger partial charge in [0, 0.05) is 0 Å². The third kappa shape index (κ3) is 4.87. The molecule has 0 unspecified atom stereocenters. The van der Waals surface area contributed by atoms with Crippen LogP contribution in [0.4, 0.5) is 5.69 Å². The Bertz CT molecular complexity index is 460. The number of nitrogen functional groups attached to an aromatic ring is 1. The number of hydrogen-bond donors (Lipinski definition) is 2. The fraction of sp³-hybridized carbons (Fsp3) is 0.385. The highest BCUT2D eigenvalue weighted by atomic mass is 16.5. The van der Waals surface area contributed by atoms with E-state index in [-0.39, 0.29) is 12.3 Å². The van der Waals surface area contributed by atoms with Gasteiger partial charge in [0.05, 0.1) is 17.9 Å². The van der Waals surface area contributed by atoms with Gasteiger partial charge in [0.1, 0.15) is 5.75 Å². The minimum atomic E-state index is -0.595. The Balaban J connectivity index is 2.65. The van der Waals surface area contributed by atoms with E-state index in [4.69, 9.17) is 20.9 Å². The van der Waals surface area contributed by atoms with Gasteiger partial charge in [-0.2, -0.15) is 0 Å². The summed E-state index contributed by atoms with van der Waals surface area (Å²) in [7, 11) is 0. The van der Waals surface area contributed by atoms with Crippen molar-refractivity contribution in [1.82, 2.24) is 0 Å². The van der Waals surface area contributed by atoms with E-state index in [0.717, 1.165) is 12.8 Å². The number of amides is 1. The molecular weight excluding hydrogens is 248 g/mol. The van der Waals surface area contributed by atoms with E-state index in [1.54, 1.807) is 0 Å². The largest absolute Gasteiger partial charge is 0.482 e. The van der Waals surface area contributed by atoms with Crippen LogP contribution in [0.2, 0.25) is 0 Å². The number of carbonyl (C=O) groups excluding carboxylic acids is 2. The van der Waals surface area contributed by atoms with Crippen molar-refractivity contribution in [3.05, 3.63) is 23.8 Å². The maximum Gasteiger partial charge on any atom is 0.338 e. The Morgan fingerprint density at radius 1 is 1.32 bits per heavy atom. The Labute approximate surface area is 111 Å². The van der Waals surface area contributed by atoms with E-state index < -0.39 is 11.9 Å². The van der Waals surface area contributed by atoms with E-state index >= 15 is 0 Å². The molecule has 0 saturated heterocycles. The highest BCUT2D eigenvalue weighted by Crippen LogP contribution is 2.22. The van der Waals surface area contributed by atoms with Gasteiger partial charge in [0.15, 0.2) is 6.61 Å². The van der Waals surface area contributed by atoms with Gasteiger partial charge >= 0.3 is 5.97 Å². The van der Waals surface area contributed by atoms with Crippen LogP contribution in [0.3, 0.4) is 0 Å². The van der Waals surface area contributed by atoms with Crippen molar-refractivity contribution < 1.29 is 19.1 Å².